The van der Waals surface area contributed by atoms with E-state index in [1.54, 1.807) is 19.1 Å². The van der Waals surface area contributed by atoms with E-state index in [4.69, 9.17) is 11.6 Å². The number of nitrogens with zero attached hydrogens (tertiary/aromatic N) is 4. The summed E-state index contributed by atoms with van der Waals surface area (Å²) in [4.78, 5) is 15.8. The molecule has 0 aliphatic heterocycles. The number of carbonyl (C=O) groups is 1. The Morgan fingerprint density at radius 3 is 2.75 bits per heavy atom. The molecule has 0 radical (unpaired) electrons. The van der Waals surface area contributed by atoms with Gasteiger partial charge in [-0.25, -0.2) is 10.1 Å². The third-order valence-electron chi connectivity index (χ3n) is 3.75. The molecule has 3 rings (SSSR count). The van der Waals surface area contributed by atoms with Crippen LogP contribution in [0.2, 0.25) is 5.15 Å². The molecule has 0 atom stereocenters. The molecular formula is C18H13ClF3N5O. The van der Waals surface area contributed by atoms with Crippen molar-refractivity contribution in [3.8, 4) is 5.69 Å². The smallest absolute Gasteiger partial charge is 0.267 e. The third-order valence-corrected chi connectivity index (χ3v) is 4.11. The van der Waals surface area contributed by atoms with E-state index in [2.05, 4.69) is 20.6 Å². The van der Waals surface area contributed by atoms with Gasteiger partial charge in [0.2, 0.25) is 0 Å². The minimum Gasteiger partial charge on any atom is -0.267 e. The zero-order chi connectivity index (χ0) is 20.3. The Hall–Kier alpha value is -3.20. The first kappa shape index (κ1) is 19.6. The van der Waals surface area contributed by atoms with Gasteiger partial charge in [-0.2, -0.15) is 23.4 Å². The molecule has 0 bridgehead atoms. The summed E-state index contributed by atoms with van der Waals surface area (Å²) in [6, 6.07) is 7.82. The fourth-order valence-corrected chi connectivity index (χ4v) is 2.68. The molecule has 1 N–H and O–H groups in total. The third kappa shape index (κ3) is 4.20. The van der Waals surface area contributed by atoms with Gasteiger partial charge >= 0.3 is 6.18 Å². The number of hydrogen-bond donors (Lipinski definition) is 1. The number of halogens is 4. The average Bonchev–Trinajstić information content (AvgIpc) is 2.96. The number of rotatable bonds is 4. The first-order valence-electron chi connectivity index (χ1n) is 7.93. The second kappa shape index (κ2) is 7.81. The van der Waals surface area contributed by atoms with Crippen LogP contribution in [0, 0.1) is 6.92 Å². The Morgan fingerprint density at radius 1 is 1.29 bits per heavy atom. The van der Waals surface area contributed by atoms with Crippen LogP contribution in [0.5, 0.6) is 0 Å². The second-order valence-corrected chi connectivity index (χ2v) is 6.05. The van der Waals surface area contributed by atoms with E-state index in [-0.39, 0.29) is 10.8 Å². The molecule has 0 saturated carbocycles. The molecule has 0 spiro atoms. The number of pyridine rings is 1. The van der Waals surface area contributed by atoms with Crippen LogP contribution in [0.4, 0.5) is 13.2 Å². The second-order valence-electron chi connectivity index (χ2n) is 5.69. The number of alkyl halides is 3. The van der Waals surface area contributed by atoms with E-state index in [9.17, 15) is 18.0 Å². The van der Waals surface area contributed by atoms with Gasteiger partial charge in [0.15, 0.2) is 0 Å². The number of hydrogen-bond acceptors (Lipinski definition) is 4. The number of amides is 1. The van der Waals surface area contributed by atoms with Crippen molar-refractivity contribution < 1.29 is 18.0 Å². The van der Waals surface area contributed by atoms with Crippen molar-refractivity contribution in [3.63, 3.8) is 0 Å². The van der Waals surface area contributed by atoms with Crippen molar-refractivity contribution in [1.29, 1.82) is 0 Å². The van der Waals surface area contributed by atoms with Crippen molar-refractivity contribution in [1.82, 2.24) is 20.2 Å². The van der Waals surface area contributed by atoms with Crippen LogP contribution >= 0.6 is 11.6 Å². The van der Waals surface area contributed by atoms with Crippen molar-refractivity contribution in [3.05, 3.63) is 76.3 Å². The first-order chi connectivity index (χ1) is 13.3. The molecule has 144 valence electrons. The Morgan fingerprint density at radius 2 is 2.07 bits per heavy atom. The summed E-state index contributed by atoms with van der Waals surface area (Å²) in [5, 5.41) is 8.06. The van der Waals surface area contributed by atoms with Gasteiger partial charge in [-0.15, -0.1) is 0 Å². The lowest BCUT2D eigenvalue weighted by atomic mass is 10.2. The van der Waals surface area contributed by atoms with E-state index in [0.717, 1.165) is 12.1 Å². The molecule has 0 aliphatic carbocycles. The molecule has 0 unspecified atom stereocenters. The summed E-state index contributed by atoms with van der Waals surface area (Å²) in [7, 11) is 0. The van der Waals surface area contributed by atoms with Gasteiger partial charge in [0, 0.05) is 12.4 Å². The van der Waals surface area contributed by atoms with Crippen molar-refractivity contribution in [2.75, 3.05) is 0 Å². The molecule has 1 aromatic carbocycles. The summed E-state index contributed by atoms with van der Waals surface area (Å²) < 4.78 is 39.9. The minimum atomic E-state index is -4.48. The first-order valence-corrected chi connectivity index (χ1v) is 8.31. The fourth-order valence-electron chi connectivity index (χ4n) is 2.36. The van der Waals surface area contributed by atoms with Gasteiger partial charge in [0.05, 0.1) is 34.3 Å². The molecule has 6 nitrogen and oxygen atoms in total. The highest BCUT2D eigenvalue weighted by Crippen LogP contribution is 2.31. The van der Waals surface area contributed by atoms with Gasteiger partial charge in [-0.05, 0) is 37.3 Å². The molecule has 2 aromatic heterocycles. The highest BCUT2D eigenvalue weighted by atomic mass is 35.5. The molecule has 10 heteroatoms. The highest BCUT2D eigenvalue weighted by molar-refractivity contribution is 6.32. The Bertz CT molecular complexity index is 1030. The number of aryl methyl sites for hydroxylation is 1. The zero-order valence-electron chi connectivity index (χ0n) is 14.4. The SMILES string of the molecule is Cc1nn(-c2cccc(C(F)(F)F)c2)c(Cl)c1/C=N\NC(=O)c1cccnc1. The van der Waals surface area contributed by atoms with E-state index in [0.29, 0.717) is 16.8 Å². The van der Waals surface area contributed by atoms with Crippen molar-refractivity contribution in [2.45, 2.75) is 13.1 Å². The molecule has 0 aliphatic rings. The average molecular weight is 408 g/mol. The van der Waals surface area contributed by atoms with Gasteiger partial charge in [0.1, 0.15) is 5.15 Å². The van der Waals surface area contributed by atoms with E-state index in [1.807, 2.05) is 0 Å². The largest absolute Gasteiger partial charge is 0.416 e. The number of aromatic nitrogens is 3. The lowest BCUT2D eigenvalue weighted by Gasteiger charge is -2.09. The lowest BCUT2D eigenvalue weighted by molar-refractivity contribution is -0.137. The van der Waals surface area contributed by atoms with Gasteiger partial charge in [-0.3, -0.25) is 9.78 Å². The van der Waals surface area contributed by atoms with Gasteiger partial charge in [0.25, 0.3) is 5.91 Å². The van der Waals surface area contributed by atoms with E-state index >= 15 is 0 Å². The monoisotopic (exact) mass is 407 g/mol. The molecule has 3 aromatic rings. The van der Waals surface area contributed by atoms with Crippen LogP contribution in [0.3, 0.4) is 0 Å². The Labute approximate surface area is 162 Å². The Kier molecular flexibility index (Phi) is 5.46. The number of benzene rings is 1. The predicted molar refractivity (Wildman–Crippen MR) is 97.6 cm³/mol. The molecule has 0 fully saturated rings. The van der Waals surface area contributed by atoms with Crippen LogP contribution in [-0.4, -0.2) is 26.9 Å². The van der Waals surface area contributed by atoms with Crippen LogP contribution in [-0.2, 0) is 6.18 Å². The van der Waals surface area contributed by atoms with Crippen LogP contribution < -0.4 is 5.43 Å². The summed E-state index contributed by atoms with van der Waals surface area (Å²) in [5.74, 6) is -0.469. The number of carbonyl (C=O) groups excluding carboxylic acids is 1. The zero-order valence-corrected chi connectivity index (χ0v) is 15.2. The van der Waals surface area contributed by atoms with Crippen LogP contribution in [0.25, 0.3) is 5.69 Å². The molecular weight excluding hydrogens is 395 g/mol. The molecule has 1 amide bonds. The van der Waals surface area contributed by atoms with Crippen LogP contribution in [0.15, 0.2) is 53.9 Å². The fraction of sp³-hybridized carbons (Fsp3) is 0.111. The Balaban J connectivity index is 1.84. The number of hydrazone groups is 1. The van der Waals surface area contributed by atoms with E-state index in [1.165, 1.54) is 35.4 Å². The summed E-state index contributed by atoms with van der Waals surface area (Å²) >= 11 is 6.27. The quantitative estimate of drug-likeness (QED) is 0.524. The molecule has 2 heterocycles. The maximum absolute atomic E-state index is 12.9. The van der Waals surface area contributed by atoms with Crippen molar-refractivity contribution in [2.24, 2.45) is 5.10 Å². The topological polar surface area (TPSA) is 72.2 Å². The maximum atomic E-state index is 12.9. The number of nitrogens with one attached hydrogen (secondary N) is 1. The summed E-state index contributed by atoms with van der Waals surface area (Å²) in [6.45, 7) is 1.63. The minimum absolute atomic E-state index is 0.0659. The standard InChI is InChI=1S/C18H13ClF3N5O/c1-11-15(10-24-25-17(28)12-4-3-7-23-9-12)16(19)27(26-11)14-6-2-5-13(8-14)18(20,21)22/h2-10H,1H3,(H,25,28)/b24-10-. The summed E-state index contributed by atoms with van der Waals surface area (Å²) in [5.41, 5.74) is 2.79. The van der Waals surface area contributed by atoms with Gasteiger partial charge < -0.3 is 0 Å². The van der Waals surface area contributed by atoms with Gasteiger partial charge in [-0.1, -0.05) is 17.7 Å². The lowest BCUT2D eigenvalue weighted by Crippen LogP contribution is -2.17. The highest BCUT2D eigenvalue weighted by Gasteiger charge is 2.30. The normalized spacial score (nSPS) is 11.8. The predicted octanol–water partition coefficient (Wildman–Crippen LogP) is 4.01. The molecule has 28 heavy (non-hydrogen) atoms. The van der Waals surface area contributed by atoms with Crippen molar-refractivity contribution >= 4 is 23.7 Å². The summed E-state index contributed by atoms with van der Waals surface area (Å²) in [6.07, 6.45) is -0.283. The van der Waals surface area contributed by atoms with E-state index < -0.39 is 17.6 Å². The van der Waals surface area contributed by atoms with Crippen LogP contribution in [0.1, 0.15) is 27.2 Å². The molecule has 0 saturated heterocycles. The maximum Gasteiger partial charge on any atom is 0.416 e.